The lowest BCUT2D eigenvalue weighted by Crippen LogP contribution is -2.60. The van der Waals surface area contributed by atoms with Crippen LogP contribution in [0.25, 0.3) is 0 Å². The van der Waals surface area contributed by atoms with Crippen LogP contribution >= 0.6 is 0 Å². The SMILES string of the molecule is CC[C@H](C)CCCC(=O)O[C@H](C(=O)N[C@@H](CC(C)C)C(=O)N1CCC[C@H]1C(=O)N(C)[C@@H](Cc1ccc(OC)cc1)C(=O)O[C@H](C)[C@H](NC(=O)C(CC(C)C)N(C)C(=O)[C@@H](NC(=O)OC(C)(C)C)C(C)C)C(=O)NC)C(C)C. The van der Waals surface area contributed by atoms with Crippen LogP contribution in [0.5, 0.6) is 5.75 Å². The third-order valence-corrected chi connectivity index (χ3v) is 13.7. The first kappa shape index (κ1) is 67.2. The Hall–Kier alpha value is -5.95. The molecule has 0 spiro atoms. The molecule has 77 heavy (non-hydrogen) atoms. The number of carbonyl (C=O) groups excluding carboxylic acids is 9. The second-order valence-electron chi connectivity index (χ2n) is 23.2. The molecule has 0 aliphatic carbocycles. The molecule has 1 saturated heterocycles. The van der Waals surface area contributed by atoms with Gasteiger partial charge in [-0.05, 0) is 107 Å². The second-order valence-corrected chi connectivity index (χ2v) is 23.2. The fourth-order valence-corrected chi connectivity index (χ4v) is 9.02. The molecule has 20 nitrogen and oxygen atoms in total. The van der Waals surface area contributed by atoms with E-state index in [1.807, 2.05) is 27.7 Å². The number of nitrogens with zero attached hydrogens (tertiary/aromatic N) is 3. The van der Waals surface area contributed by atoms with Crippen molar-refractivity contribution >= 4 is 53.5 Å². The molecule has 0 radical (unpaired) electrons. The van der Waals surface area contributed by atoms with Crippen LogP contribution in [0.4, 0.5) is 4.79 Å². The molecule has 7 amide bonds. The number of benzene rings is 1. The lowest BCUT2D eigenvalue weighted by Gasteiger charge is -2.36. The Balaban J connectivity index is 2.50. The van der Waals surface area contributed by atoms with E-state index in [0.717, 1.165) is 12.8 Å². The van der Waals surface area contributed by atoms with E-state index in [0.29, 0.717) is 30.1 Å². The summed E-state index contributed by atoms with van der Waals surface area (Å²) in [5.74, 6) is -5.07. The number of carbonyl (C=O) groups is 9. The van der Waals surface area contributed by atoms with Crippen molar-refractivity contribution in [3.05, 3.63) is 29.8 Å². The highest BCUT2D eigenvalue weighted by Crippen LogP contribution is 2.26. The van der Waals surface area contributed by atoms with E-state index in [9.17, 15) is 43.2 Å². The summed E-state index contributed by atoms with van der Waals surface area (Å²) in [5.41, 5.74) is -0.214. The molecule has 436 valence electrons. The molecule has 20 heteroatoms. The number of hydrogen-bond donors (Lipinski definition) is 4. The van der Waals surface area contributed by atoms with E-state index < -0.39 is 119 Å². The average Bonchev–Trinajstić information content (AvgIpc) is 3.85. The largest absolute Gasteiger partial charge is 0.497 e. The zero-order valence-corrected chi connectivity index (χ0v) is 49.5. The number of methoxy groups -OCH3 is 1. The zero-order valence-electron chi connectivity index (χ0n) is 49.5. The van der Waals surface area contributed by atoms with Gasteiger partial charge in [0.2, 0.25) is 29.5 Å². The molecule has 1 fully saturated rings. The molecule has 1 aromatic rings. The van der Waals surface area contributed by atoms with Gasteiger partial charge in [-0.25, -0.2) is 9.59 Å². The van der Waals surface area contributed by atoms with Gasteiger partial charge in [-0.1, -0.05) is 94.2 Å². The average molecular weight is 1090 g/mol. The van der Waals surface area contributed by atoms with Crippen LogP contribution in [0.2, 0.25) is 0 Å². The van der Waals surface area contributed by atoms with E-state index in [4.69, 9.17) is 18.9 Å². The molecule has 1 unspecified atom stereocenters. The molecule has 1 heterocycles. The fourth-order valence-electron chi connectivity index (χ4n) is 9.02. The topological polar surface area (TPSA) is 248 Å². The molecule has 9 atom stereocenters. The van der Waals surface area contributed by atoms with Crippen LogP contribution in [0.1, 0.15) is 154 Å². The first-order valence-corrected chi connectivity index (χ1v) is 27.6. The van der Waals surface area contributed by atoms with Crippen LogP contribution in [0.15, 0.2) is 24.3 Å². The third kappa shape index (κ3) is 21.4. The first-order valence-electron chi connectivity index (χ1n) is 27.6. The van der Waals surface area contributed by atoms with Crippen molar-refractivity contribution in [2.24, 2.45) is 29.6 Å². The van der Waals surface area contributed by atoms with Crippen molar-refractivity contribution in [1.82, 2.24) is 36.0 Å². The summed E-state index contributed by atoms with van der Waals surface area (Å²) < 4.78 is 22.5. The zero-order chi connectivity index (χ0) is 58.6. The minimum atomic E-state index is -1.48. The highest BCUT2D eigenvalue weighted by atomic mass is 16.6. The van der Waals surface area contributed by atoms with Crippen LogP contribution in [-0.2, 0) is 59.0 Å². The van der Waals surface area contributed by atoms with Crippen LogP contribution in [0.3, 0.4) is 0 Å². The van der Waals surface area contributed by atoms with Gasteiger partial charge < -0.3 is 54.9 Å². The van der Waals surface area contributed by atoms with Crippen molar-refractivity contribution in [1.29, 1.82) is 0 Å². The number of nitrogens with one attached hydrogen (secondary N) is 4. The van der Waals surface area contributed by atoms with Gasteiger partial charge in [0.1, 0.15) is 53.7 Å². The number of likely N-dealkylation sites (N-methyl/N-ethyl adjacent to an activating group) is 3. The molecule has 1 aromatic carbocycles. The van der Waals surface area contributed by atoms with Crippen molar-refractivity contribution in [2.45, 2.75) is 209 Å². The smallest absolute Gasteiger partial charge is 0.408 e. The van der Waals surface area contributed by atoms with Crippen LogP contribution < -0.4 is 26.0 Å². The summed E-state index contributed by atoms with van der Waals surface area (Å²) >= 11 is 0. The summed E-state index contributed by atoms with van der Waals surface area (Å²) in [6.07, 6.45) is 0.374. The Morgan fingerprint density at radius 3 is 1.87 bits per heavy atom. The second kappa shape index (κ2) is 31.5. The van der Waals surface area contributed by atoms with Gasteiger partial charge in [0.15, 0.2) is 6.10 Å². The van der Waals surface area contributed by atoms with E-state index in [-0.39, 0.29) is 50.5 Å². The fraction of sp³-hybridized carbons (Fsp3) is 0.737. The standard InChI is InChI=1S/C57H95N7O13/c1-19-37(10)22-20-24-45(65)76-48(36(8)9)51(68)59-41(30-33(2)3)52(69)64-29-21-23-42(64)53(70)63(17)44(32-39-25-27-40(74-18)28-26-39)55(72)75-38(11)47(50(67)58-15)60-49(66)43(31-34(4)5)62(16)54(71)46(35(6)7)61-56(73)77-57(12,13)14/h25-28,33-38,41-44,46-48H,19-24,29-32H2,1-18H3,(H,58,67)(H,59,68)(H,60,66)(H,61,73)/t37-,38+,41-,42-,43?,44-,46-,47-,48-/m0/s1. The maximum absolute atomic E-state index is 14.8. The Bertz CT molecular complexity index is 2130. The van der Waals surface area contributed by atoms with Gasteiger partial charge in [-0.2, -0.15) is 0 Å². The molecule has 1 aliphatic rings. The van der Waals surface area contributed by atoms with E-state index in [2.05, 4.69) is 35.1 Å². The number of hydrogen-bond acceptors (Lipinski definition) is 13. The monoisotopic (exact) mass is 1090 g/mol. The molecule has 0 saturated carbocycles. The Morgan fingerprint density at radius 2 is 1.35 bits per heavy atom. The van der Waals surface area contributed by atoms with Crippen molar-refractivity contribution in [3.63, 3.8) is 0 Å². The summed E-state index contributed by atoms with van der Waals surface area (Å²) in [4.78, 5) is 130. The molecular weight excluding hydrogens is 991 g/mol. The van der Waals surface area contributed by atoms with E-state index in [1.165, 1.54) is 49.9 Å². The van der Waals surface area contributed by atoms with Crippen LogP contribution in [-0.4, -0.2) is 157 Å². The third-order valence-electron chi connectivity index (χ3n) is 13.7. The molecule has 0 bridgehead atoms. The Labute approximate surface area is 458 Å². The predicted molar refractivity (Wildman–Crippen MR) is 293 cm³/mol. The highest BCUT2D eigenvalue weighted by molar-refractivity contribution is 5.96. The van der Waals surface area contributed by atoms with Crippen molar-refractivity contribution in [3.8, 4) is 5.75 Å². The quantitative estimate of drug-likeness (QED) is 0.0535. The predicted octanol–water partition coefficient (Wildman–Crippen LogP) is 5.96. The first-order chi connectivity index (χ1) is 35.9. The van der Waals surface area contributed by atoms with Crippen molar-refractivity contribution < 1.29 is 62.1 Å². The lowest BCUT2D eigenvalue weighted by molar-refractivity contribution is -0.162. The molecule has 4 N–H and O–H groups in total. The van der Waals surface area contributed by atoms with Gasteiger partial charge in [0.05, 0.1) is 7.11 Å². The highest BCUT2D eigenvalue weighted by Gasteiger charge is 2.44. The maximum atomic E-state index is 14.8. The van der Waals surface area contributed by atoms with Gasteiger partial charge in [-0.3, -0.25) is 33.6 Å². The molecule has 2 rings (SSSR count). The minimum Gasteiger partial charge on any atom is -0.497 e. The number of alkyl carbamates (subject to hydrolysis) is 1. The van der Waals surface area contributed by atoms with Gasteiger partial charge in [0.25, 0.3) is 5.91 Å². The normalized spacial score (nSPS) is 16.8. The number of amides is 7. The Morgan fingerprint density at radius 1 is 0.740 bits per heavy atom. The maximum Gasteiger partial charge on any atom is 0.408 e. The van der Waals surface area contributed by atoms with Gasteiger partial charge >= 0.3 is 18.0 Å². The lowest BCUT2D eigenvalue weighted by atomic mass is 9.98. The van der Waals surface area contributed by atoms with E-state index >= 15 is 0 Å². The number of ether oxygens (including phenoxy) is 4. The minimum absolute atomic E-state index is 0.0619. The van der Waals surface area contributed by atoms with Gasteiger partial charge in [-0.15, -0.1) is 0 Å². The molecular formula is C57H95N7O13. The van der Waals surface area contributed by atoms with Gasteiger partial charge in [0, 0.05) is 40.5 Å². The van der Waals surface area contributed by atoms with E-state index in [1.54, 1.807) is 72.7 Å². The number of likely N-dealkylation sites (tertiary alicyclic amines) is 1. The summed E-state index contributed by atoms with van der Waals surface area (Å²) in [6.45, 7) is 25.4. The Kier molecular flexibility index (Phi) is 27.4. The number of rotatable bonds is 29. The number of esters is 2. The molecule has 0 aromatic heterocycles. The molecule has 1 aliphatic heterocycles. The summed E-state index contributed by atoms with van der Waals surface area (Å²) in [6, 6.07) is -0.249. The van der Waals surface area contributed by atoms with Crippen LogP contribution in [0, 0.1) is 29.6 Å². The van der Waals surface area contributed by atoms with Crippen molar-refractivity contribution in [2.75, 3.05) is 34.8 Å². The summed E-state index contributed by atoms with van der Waals surface area (Å²) in [5, 5.41) is 10.7. The summed E-state index contributed by atoms with van der Waals surface area (Å²) in [7, 11) is 5.74.